The first kappa shape index (κ1) is 11.3. The van der Waals surface area contributed by atoms with Crippen LogP contribution in [0.5, 0.6) is 0 Å². The summed E-state index contributed by atoms with van der Waals surface area (Å²) in [5, 5.41) is 5.15. The zero-order chi connectivity index (χ0) is 11.4. The molecule has 1 aromatic rings. The molecule has 2 rings (SSSR count). The number of hydrazone groups is 1. The van der Waals surface area contributed by atoms with Crippen LogP contribution >= 0.6 is 11.3 Å². The summed E-state index contributed by atoms with van der Waals surface area (Å²) in [6.07, 6.45) is 9.98. The van der Waals surface area contributed by atoms with Crippen molar-refractivity contribution in [1.29, 1.82) is 0 Å². The second-order valence-corrected chi connectivity index (χ2v) is 5.30. The molecule has 1 N–H and O–H groups in total. The predicted octanol–water partition coefficient (Wildman–Crippen LogP) is 3.51. The van der Waals surface area contributed by atoms with Gasteiger partial charge in [-0.05, 0) is 39.0 Å². The minimum atomic E-state index is 0.583. The first-order chi connectivity index (χ1) is 7.75. The van der Waals surface area contributed by atoms with E-state index in [0.717, 1.165) is 17.2 Å². The minimum absolute atomic E-state index is 0.583. The smallest absolute Gasteiger partial charge is 0.203 e. The molecular formula is C12H17N3S. The van der Waals surface area contributed by atoms with Crippen molar-refractivity contribution in [1.82, 2.24) is 4.98 Å². The van der Waals surface area contributed by atoms with Crippen molar-refractivity contribution in [2.45, 2.75) is 33.1 Å². The molecule has 0 aliphatic heterocycles. The van der Waals surface area contributed by atoms with Crippen LogP contribution in [0.2, 0.25) is 0 Å². The largest absolute Gasteiger partial charge is 0.253 e. The SMILES string of the molecule is Cc1nc(N/N=C/[C@H]2CC=CCC2)sc1C. The maximum Gasteiger partial charge on any atom is 0.203 e. The molecule has 1 heterocycles. The highest BCUT2D eigenvalue weighted by molar-refractivity contribution is 7.15. The molecule has 0 radical (unpaired) electrons. The van der Waals surface area contributed by atoms with Gasteiger partial charge in [-0.2, -0.15) is 5.10 Å². The lowest BCUT2D eigenvalue weighted by molar-refractivity contribution is 0.627. The van der Waals surface area contributed by atoms with Crippen LogP contribution in [0.25, 0.3) is 0 Å². The molecule has 0 amide bonds. The fourth-order valence-corrected chi connectivity index (χ4v) is 2.44. The fraction of sp³-hybridized carbons (Fsp3) is 0.500. The van der Waals surface area contributed by atoms with Gasteiger partial charge in [0.15, 0.2) is 0 Å². The summed E-state index contributed by atoms with van der Waals surface area (Å²) in [4.78, 5) is 5.62. The molecule has 1 aliphatic rings. The Bertz CT molecular complexity index is 387. The Hall–Kier alpha value is -1.16. The summed E-state index contributed by atoms with van der Waals surface area (Å²) < 4.78 is 0. The van der Waals surface area contributed by atoms with E-state index in [1.54, 1.807) is 11.3 Å². The Morgan fingerprint density at radius 3 is 3.00 bits per heavy atom. The van der Waals surface area contributed by atoms with Crippen LogP contribution in [0.3, 0.4) is 0 Å². The maximum absolute atomic E-state index is 4.37. The first-order valence-electron chi connectivity index (χ1n) is 5.64. The van der Waals surface area contributed by atoms with Gasteiger partial charge in [0.2, 0.25) is 5.13 Å². The van der Waals surface area contributed by atoms with Crippen LogP contribution in [0.1, 0.15) is 29.8 Å². The number of rotatable bonds is 3. The number of hydrogen-bond acceptors (Lipinski definition) is 4. The summed E-state index contributed by atoms with van der Waals surface area (Å²) in [6.45, 7) is 4.10. The van der Waals surface area contributed by atoms with Gasteiger partial charge >= 0.3 is 0 Å². The second-order valence-electron chi connectivity index (χ2n) is 4.10. The maximum atomic E-state index is 4.37. The average molecular weight is 235 g/mol. The average Bonchev–Trinajstić information content (AvgIpc) is 2.60. The predicted molar refractivity (Wildman–Crippen MR) is 70.2 cm³/mol. The van der Waals surface area contributed by atoms with E-state index in [-0.39, 0.29) is 0 Å². The van der Waals surface area contributed by atoms with Crippen molar-refractivity contribution in [2.24, 2.45) is 11.0 Å². The van der Waals surface area contributed by atoms with Gasteiger partial charge in [-0.15, -0.1) is 11.3 Å². The highest BCUT2D eigenvalue weighted by atomic mass is 32.1. The Morgan fingerprint density at radius 2 is 2.38 bits per heavy atom. The molecule has 1 aromatic heterocycles. The molecule has 0 aromatic carbocycles. The van der Waals surface area contributed by atoms with Crippen molar-refractivity contribution < 1.29 is 0 Å². The highest BCUT2D eigenvalue weighted by Gasteiger charge is 2.06. The molecule has 1 aliphatic carbocycles. The second kappa shape index (κ2) is 5.25. The van der Waals surface area contributed by atoms with Crippen LogP contribution in [-0.4, -0.2) is 11.2 Å². The summed E-state index contributed by atoms with van der Waals surface area (Å²) in [6, 6.07) is 0. The number of allylic oxidation sites excluding steroid dienone is 2. The zero-order valence-corrected chi connectivity index (χ0v) is 10.5. The number of anilines is 1. The molecule has 3 nitrogen and oxygen atoms in total. The van der Waals surface area contributed by atoms with E-state index in [1.165, 1.54) is 17.7 Å². The van der Waals surface area contributed by atoms with Crippen LogP contribution in [-0.2, 0) is 0 Å². The number of aryl methyl sites for hydroxylation is 2. The van der Waals surface area contributed by atoms with Crippen LogP contribution in [0.15, 0.2) is 17.3 Å². The van der Waals surface area contributed by atoms with Gasteiger partial charge in [-0.25, -0.2) is 4.98 Å². The Labute approximate surface area is 100 Å². The topological polar surface area (TPSA) is 37.3 Å². The molecular weight excluding hydrogens is 218 g/mol. The summed E-state index contributed by atoms with van der Waals surface area (Å²) in [5.41, 5.74) is 4.09. The molecule has 4 heteroatoms. The number of nitrogens with one attached hydrogen (secondary N) is 1. The van der Waals surface area contributed by atoms with Crippen LogP contribution in [0.4, 0.5) is 5.13 Å². The van der Waals surface area contributed by atoms with Gasteiger partial charge in [0.1, 0.15) is 0 Å². The lowest BCUT2D eigenvalue weighted by Crippen LogP contribution is -2.04. The van der Waals surface area contributed by atoms with Crippen molar-refractivity contribution in [3.8, 4) is 0 Å². The van der Waals surface area contributed by atoms with Crippen molar-refractivity contribution >= 4 is 22.7 Å². The van der Waals surface area contributed by atoms with E-state index in [9.17, 15) is 0 Å². The Balaban J connectivity index is 1.86. The third-order valence-corrected chi connectivity index (χ3v) is 3.76. The highest BCUT2D eigenvalue weighted by Crippen LogP contribution is 2.21. The van der Waals surface area contributed by atoms with Gasteiger partial charge in [-0.3, -0.25) is 5.43 Å². The third kappa shape index (κ3) is 2.92. The first-order valence-corrected chi connectivity index (χ1v) is 6.45. The molecule has 16 heavy (non-hydrogen) atoms. The molecule has 0 saturated heterocycles. The Morgan fingerprint density at radius 1 is 1.50 bits per heavy atom. The standard InChI is InChI=1S/C12H17N3S/c1-9-10(2)16-12(14-9)15-13-8-11-6-4-3-5-7-11/h3-4,8,11H,5-7H2,1-2H3,(H,14,15)/b13-8+/t11-/m0/s1. The third-order valence-electron chi connectivity index (χ3n) is 2.78. The fourth-order valence-electron chi connectivity index (χ4n) is 1.67. The number of nitrogens with zero attached hydrogens (tertiary/aromatic N) is 2. The molecule has 1 atom stereocenters. The van der Waals surface area contributed by atoms with E-state index in [4.69, 9.17) is 0 Å². The minimum Gasteiger partial charge on any atom is -0.253 e. The van der Waals surface area contributed by atoms with E-state index >= 15 is 0 Å². The molecule has 0 fully saturated rings. The zero-order valence-electron chi connectivity index (χ0n) is 9.73. The Kier molecular flexibility index (Phi) is 3.72. The molecule has 0 spiro atoms. The van der Waals surface area contributed by atoms with Crippen molar-refractivity contribution in [2.75, 3.05) is 5.43 Å². The van der Waals surface area contributed by atoms with Gasteiger partial charge < -0.3 is 0 Å². The summed E-state index contributed by atoms with van der Waals surface area (Å²) >= 11 is 1.65. The summed E-state index contributed by atoms with van der Waals surface area (Å²) in [5.74, 6) is 0.583. The number of aromatic nitrogens is 1. The number of hydrogen-bond donors (Lipinski definition) is 1. The van der Waals surface area contributed by atoms with Crippen LogP contribution in [0, 0.1) is 19.8 Å². The molecule has 86 valence electrons. The van der Waals surface area contributed by atoms with Gasteiger partial charge in [0, 0.05) is 11.1 Å². The van der Waals surface area contributed by atoms with E-state index in [0.29, 0.717) is 5.92 Å². The lowest BCUT2D eigenvalue weighted by Gasteiger charge is -2.11. The quantitative estimate of drug-likeness (QED) is 0.494. The molecule has 0 unspecified atom stereocenters. The van der Waals surface area contributed by atoms with E-state index in [1.807, 2.05) is 13.1 Å². The molecule has 0 bridgehead atoms. The monoisotopic (exact) mass is 235 g/mol. The van der Waals surface area contributed by atoms with Crippen molar-refractivity contribution in [3.63, 3.8) is 0 Å². The van der Waals surface area contributed by atoms with E-state index in [2.05, 4.69) is 34.6 Å². The molecule has 0 saturated carbocycles. The number of thiazole rings is 1. The normalized spacial score (nSPS) is 20.5. The van der Waals surface area contributed by atoms with E-state index < -0.39 is 0 Å². The van der Waals surface area contributed by atoms with Gasteiger partial charge in [-0.1, -0.05) is 12.2 Å². The lowest BCUT2D eigenvalue weighted by atomic mass is 9.96. The van der Waals surface area contributed by atoms with Gasteiger partial charge in [0.25, 0.3) is 0 Å². The summed E-state index contributed by atoms with van der Waals surface area (Å²) in [7, 11) is 0. The van der Waals surface area contributed by atoms with Crippen LogP contribution < -0.4 is 5.43 Å². The van der Waals surface area contributed by atoms with Gasteiger partial charge in [0.05, 0.1) is 5.69 Å². The van der Waals surface area contributed by atoms with Crippen molar-refractivity contribution in [3.05, 3.63) is 22.7 Å².